The number of H-pyrrole nitrogens is 1. The fourth-order valence-electron chi connectivity index (χ4n) is 8.49. The molecule has 0 unspecified atom stereocenters. The quantitative estimate of drug-likeness (QED) is 0.0186. The number of carbonyl (C=O) groups excluding carboxylic acids is 10. The molecule has 16 N–H and O–H groups in total. The molecular weight excluding hydrogens is 1180 g/mol. The number of aromatic amines is 1. The van der Waals surface area contributed by atoms with Gasteiger partial charge in [-0.05, 0) is 37.5 Å². The summed E-state index contributed by atoms with van der Waals surface area (Å²) in [5.41, 5.74) is 7.36. The van der Waals surface area contributed by atoms with E-state index in [-0.39, 0.29) is 104 Å². The number of ether oxygens (including phenoxy) is 6. The number of benzene rings is 2. The number of thiol groups is 1. The number of hydrogen-bond donors (Lipinski definition) is 16. The first kappa shape index (κ1) is 73.1. The van der Waals surface area contributed by atoms with E-state index in [4.69, 9.17) is 34.2 Å². The minimum Gasteiger partial charge on any atom is -0.394 e. The number of aliphatic hydroxyl groups excluding tert-OH is 4. The Hall–Kier alpha value is -7.37. The molecule has 88 heavy (non-hydrogen) atoms. The van der Waals surface area contributed by atoms with Gasteiger partial charge in [-0.3, -0.25) is 47.9 Å². The Labute approximate surface area is 513 Å². The SMILES string of the molecule is CC(=O)N[C@@H](Cc1c[nH]c2ccccc12)C(=O)N[C@@H](C)C(=O)N[C@@H](CCC(=O)NCCO[C@H]1O[C@H](CO)[C@@H](O)[C@H](O)[C@@H]1O)C(=O)N[C@@H](C)C(=O)N[C@@H](Cc1ccccc1)C(=O)NCCOCCOCC(=O)NCCOCCOCC(=O)N[C@@H](CS)C(N)=O. The van der Waals surface area contributed by atoms with Gasteiger partial charge in [0.25, 0.3) is 0 Å². The van der Waals surface area contributed by atoms with Crippen LogP contribution in [0.25, 0.3) is 10.9 Å². The van der Waals surface area contributed by atoms with E-state index in [1.165, 1.54) is 20.8 Å². The van der Waals surface area contributed by atoms with Crippen LogP contribution in [0.15, 0.2) is 60.8 Å². The molecule has 1 fully saturated rings. The standard InChI is InChI=1S/C56H83N11O20S/c1-32(63-55(81)41(64-34(3)69)26-36-27-61-38-12-8-7-11-37(36)38)51(77)66-39(13-14-44(70)58-17-20-86-56-49(75)48(74)47(73)43(28-68)87-56)54(80)62-33(2)52(78)67-40(25-35-9-5-4-6-10-35)53(79)60-16-19-83-21-23-84-29-45(71)59-15-18-82-22-24-85-30-46(72)65-42(31-88)50(57)76/h4-12,27,32-33,39-43,47-49,56,61,68,73-75,88H,13-26,28-31H2,1-3H3,(H2,57,76)(H,58,70)(H,59,71)(H,60,79)(H,62,80)(H,63,81)(H,64,69)(H,65,72)(H,66,77)(H,67,78)/t32-,33-,39-,40-,41-,42-,43+,47+,48-,49-,56-/m0/s1. The van der Waals surface area contributed by atoms with E-state index in [0.29, 0.717) is 11.1 Å². The Morgan fingerprint density at radius 2 is 1.15 bits per heavy atom. The molecule has 1 aliphatic rings. The topological polar surface area (TPSA) is 457 Å². The van der Waals surface area contributed by atoms with E-state index in [1.54, 1.807) is 36.5 Å². The van der Waals surface area contributed by atoms with Crippen molar-refractivity contribution in [2.45, 2.75) is 113 Å². The van der Waals surface area contributed by atoms with Crippen molar-refractivity contribution in [3.63, 3.8) is 0 Å². The summed E-state index contributed by atoms with van der Waals surface area (Å²) in [6.45, 7) is 2.89. The van der Waals surface area contributed by atoms with Gasteiger partial charge < -0.3 is 107 Å². The first-order chi connectivity index (χ1) is 42.1. The number of fused-ring (bicyclic) bond motifs is 1. The number of primary amides is 1. The van der Waals surface area contributed by atoms with Crippen molar-refractivity contribution in [1.29, 1.82) is 0 Å². The smallest absolute Gasteiger partial charge is 0.246 e. The fourth-order valence-corrected chi connectivity index (χ4v) is 8.76. The van der Waals surface area contributed by atoms with Gasteiger partial charge in [0.2, 0.25) is 59.1 Å². The number of rotatable bonds is 41. The van der Waals surface area contributed by atoms with Crippen LogP contribution in [-0.4, -0.2) is 243 Å². The molecule has 2 aromatic carbocycles. The molecule has 32 heteroatoms. The van der Waals surface area contributed by atoms with Crippen molar-refractivity contribution >= 4 is 82.6 Å². The van der Waals surface area contributed by atoms with Gasteiger partial charge in [-0.15, -0.1) is 0 Å². The lowest BCUT2D eigenvalue weighted by atomic mass is 9.99. The lowest BCUT2D eigenvalue weighted by Crippen LogP contribution is -2.59. The Morgan fingerprint density at radius 1 is 0.591 bits per heavy atom. The molecule has 1 aliphatic heterocycles. The predicted molar refractivity (Wildman–Crippen MR) is 315 cm³/mol. The number of nitrogens with one attached hydrogen (secondary N) is 10. The second-order valence-electron chi connectivity index (χ2n) is 20.2. The van der Waals surface area contributed by atoms with Crippen molar-refractivity contribution < 1.29 is 96.8 Å². The van der Waals surface area contributed by atoms with Crippen molar-refractivity contribution in [3.05, 3.63) is 71.9 Å². The normalized spacial score (nSPS) is 18.4. The highest BCUT2D eigenvalue weighted by molar-refractivity contribution is 7.80. The molecule has 2 heterocycles. The monoisotopic (exact) mass is 1260 g/mol. The summed E-state index contributed by atoms with van der Waals surface area (Å²) in [6, 6.07) is 8.74. The zero-order valence-corrected chi connectivity index (χ0v) is 50.1. The lowest BCUT2D eigenvalue weighted by molar-refractivity contribution is -0.300. The first-order valence-electron chi connectivity index (χ1n) is 28.4. The van der Waals surface area contributed by atoms with Gasteiger partial charge in [-0.25, -0.2) is 0 Å². The summed E-state index contributed by atoms with van der Waals surface area (Å²) in [6.07, 6.45) is -6.64. The van der Waals surface area contributed by atoms with Crippen molar-refractivity contribution in [1.82, 2.24) is 52.8 Å². The maximum Gasteiger partial charge on any atom is 0.246 e. The molecule has 31 nitrogen and oxygen atoms in total. The molecule has 488 valence electrons. The van der Waals surface area contributed by atoms with Crippen LogP contribution >= 0.6 is 12.6 Å². The van der Waals surface area contributed by atoms with Gasteiger partial charge in [0, 0.05) is 68.7 Å². The maximum absolute atomic E-state index is 14.1. The highest BCUT2D eigenvalue weighted by Gasteiger charge is 2.44. The van der Waals surface area contributed by atoms with Crippen LogP contribution in [0.2, 0.25) is 0 Å². The molecular formula is C56H83N11O20S. The number of para-hydroxylation sites is 1. The van der Waals surface area contributed by atoms with E-state index in [0.717, 1.165) is 10.9 Å². The average Bonchev–Trinajstić information content (AvgIpc) is 4.16. The molecule has 0 spiro atoms. The van der Waals surface area contributed by atoms with Gasteiger partial charge in [-0.1, -0.05) is 48.5 Å². The van der Waals surface area contributed by atoms with Crippen LogP contribution in [0.3, 0.4) is 0 Å². The van der Waals surface area contributed by atoms with Crippen LogP contribution in [0.5, 0.6) is 0 Å². The molecule has 4 rings (SSSR count). The van der Waals surface area contributed by atoms with Crippen molar-refractivity contribution in [3.8, 4) is 0 Å². The predicted octanol–water partition coefficient (Wildman–Crippen LogP) is -5.65. The number of nitrogens with two attached hydrogens (primary N) is 1. The minimum atomic E-state index is -1.69. The molecule has 0 aliphatic carbocycles. The largest absolute Gasteiger partial charge is 0.394 e. The third-order valence-electron chi connectivity index (χ3n) is 13.2. The highest BCUT2D eigenvalue weighted by atomic mass is 32.1. The number of hydrogen-bond acceptors (Lipinski definition) is 21. The number of aliphatic hydroxyl groups is 4. The van der Waals surface area contributed by atoms with Gasteiger partial charge >= 0.3 is 0 Å². The average molecular weight is 1260 g/mol. The molecule has 1 saturated heterocycles. The molecule has 0 bridgehead atoms. The second kappa shape index (κ2) is 39.5. The summed E-state index contributed by atoms with van der Waals surface area (Å²) in [4.78, 5) is 133. The van der Waals surface area contributed by atoms with Crippen LogP contribution in [0, 0.1) is 0 Å². The van der Waals surface area contributed by atoms with Gasteiger partial charge in [0.15, 0.2) is 6.29 Å². The van der Waals surface area contributed by atoms with Gasteiger partial charge in [-0.2, -0.15) is 12.6 Å². The molecule has 11 atom stereocenters. The summed E-state index contributed by atoms with van der Waals surface area (Å²) in [7, 11) is 0. The summed E-state index contributed by atoms with van der Waals surface area (Å²) in [5, 5.41) is 63.9. The van der Waals surface area contributed by atoms with E-state index < -0.39 is 139 Å². The van der Waals surface area contributed by atoms with Crippen LogP contribution < -0.4 is 53.6 Å². The lowest BCUT2D eigenvalue weighted by Gasteiger charge is -2.39. The van der Waals surface area contributed by atoms with Gasteiger partial charge in [0.1, 0.15) is 73.9 Å². The molecule has 0 saturated carbocycles. The maximum atomic E-state index is 14.1. The second-order valence-corrected chi connectivity index (χ2v) is 20.6. The Morgan fingerprint density at radius 3 is 1.77 bits per heavy atom. The molecule has 1 aromatic heterocycles. The summed E-state index contributed by atoms with van der Waals surface area (Å²) < 4.78 is 32.2. The Kier molecular flexibility index (Phi) is 32.8. The zero-order chi connectivity index (χ0) is 64.5. The van der Waals surface area contributed by atoms with Crippen LogP contribution in [0.4, 0.5) is 0 Å². The van der Waals surface area contributed by atoms with E-state index in [1.807, 2.05) is 24.3 Å². The van der Waals surface area contributed by atoms with E-state index in [9.17, 15) is 68.4 Å². The zero-order valence-electron chi connectivity index (χ0n) is 49.2. The third kappa shape index (κ3) is 26.1. The Balaban J connectivity index is 1.28. The summed E-state index contributed by atoms with van der Waals surface area (Å²) >= 11 is 3.95. The number of amides is 10. The molecule has 0 radical (unpaired) electrons. The molecule has 10 amide bonds. The minimum absolute atomic E-state index is 0.00786. The van der Waals surface area contributed by atoms with Crippen molar-refractivity contribution in [2.75, 3.05) is 91.5 Å². The number of carbonyl (C=O) groups is 10. The molecule has 3 aromatic rings. The highest BCUT2D eigenvalue weighted by Crippen LogP contribution is 2.22. The number of aromatic nitrogens is 1. The van der Waals surface area contributed by atoms with Crippen molar-refractivity contribution in [2.24, 2.45) is 5.73 Å². The van der Waals surface area contributed by atoms with E-state index in [2.05, 4.69) is 65.5 Å². The summed E-state index contributed by atoms with van der Waals surface area (Å²) in [5.74, 6) is -6.68. The Bertz CT molecular complexity index is 2730. The third-order valence-corrected chi connectivity index (χ3v) is 13.6. The van der Waals surface area contributed by atoms with Crippen LogP contribution in [0.1, 0.15) is 44.7 Å². The first-order valence-corrected chi connectivity index (χ1v) is 29.1. The van der Waals surface area contributed by atoms with Gasteiger partial charge in [0.05, 0.1) is 52.9 Å². The van der Waals surface area contributed by atoms with Crippen LogP contribution in [-0.2, 0) is 89.2 Å². The fraction of sp³-hybridized carbons (Fsp3) is 0.571. The van der Waals surface area contributed by atoms with E-state index >= 15 is 0 Å².